The molecule has 7 heteroatoms. The van der Waals surface area contributed by atoms with Gasteiger partial charge in [0.1, 0.15) is 5.69 Å². The summed E-state index contributed by atoms with van der Waals surface area (Å²) in [6, 6.07) is 14.4. The van der Waals surface area contributed by atoms with E-state index in [-0.39, 0.29) is 17.5 Å². The molecule has 1 atom stereocenters. The lowest BCUT2D eigenvalue weighted by molar-refractivity contribution is 0.554. The van der Waals surface area contributed by atoms with Gasteiger partial charge in [0.25, 0.3) is 0 Å². The third-order valence-electron chi connectivity index (χ3n) is 4.59. The van der Waals surface area contributed by atoms with Crippen LogP contribution in [0.3, 0.4) is 0 Å². The molecule has 1 aliphatic heterocycles. The first-order valence-electron chi connectivity index (χ1n) is 8.67. The van der Waals surface area contributed by atoms with Crippen molar-refractivity contribution in [2.24, 2.45) is 0 Å². The average molecular weight is 388 g/mol. The highest BCUT2D eigenvalue weighted by atomic mass is 32.2. The molecule has 3 heterocycles. The highest BCUT2D eigenvalue weighted by Crippen LogP contribution is 2.27. The Morgan fingerprint density at radius 1 is 1.19 bits per heavy atom. The highest BCUT2D eigenvalue weighted by Gasteiger charge is 2.27. The summed E-state index contributed by atoms with van der Waals surface area (Å²) in [5, 5.41) is 10.2. The predicted octanol–water partition coefficient (Wildman–Crippen LogP) is 2.94. The Kier molecular flexibility index (Phi) is 4.93. The summed E-state index contributed by atoms with van der Waals surface area (Å²) in [5.74, 6) is 0.523. The number of nitrogens with one attached hydrogen (secondary N) is 1. The Hall–Kier alpha value is -1.96. The van der Waals surface area contributed by atoms with Crippen molar-refractivity contribution in [1.82, 2.24) is 15.1 Å². The van der Waals surface area contributed by atoms with Crippen molar-refractivity contribution in [3.05, 3.63) is 65.2 Å². The van der Waals surface area contributed by atoms with Gasteiger partial charge in [-0.15, -0.1) is 11.3 Å². The fourth-order valence-electron chi connectivity index (χ4n) is 3.27. The molecule has 2 aromatic heterocycles. The molecule has 136 valence electrons. The van der Waals surface area contributed by atoms with Gasteiger partial charge in [-0.3, -0.25) is 4.68 Å². The Balaban J connectivity index is 1.54. The molecule has 1 aliphatic rings. The van der Waals surface area contributed by atoms with Crippen molar-refractivity contribution in [2.75, 3.05) is 11.5 Å². The van der Waals surface area contributed by atoms with Crippen LogP contribution in [0.15, 0.2) is 54.0 Å². The minimum absolute atomic E-state index is 0.0358. The van der Waals surface area contributed by atoms with Gasteiger partial charge in [-0.05, 0) is 23.4 Å². The Morgan fingerprint density at radius 2 is 2.04 bits per heavy atom. The van der Waals surface area contributed by atoms with Gasteiger partial charge < -0.3 is 5.32 Å². The molecular weight excluding hydrogens is 366 g/mol. The summed E-state index contributed by atoms with van der Waals surface area (Å²) in [7, 11) is -2.87. The van der Waals surface area contributed by atoms with Gasteiger partial charge in [-0.25, -0.2) is 8.42 Å². The van der Waals surface area contributed by atoms with E-state index < -0.39 is 9.84 Å². The van der Waals surface area contributed by atoms with E-state index in [0.717, 1.165) is 22.7 Å². The largest absolute Gasteiger partial charge is 0.309 e. The fraction of sp³-hybridized carbons (Fsp3) is 0.316. The monoisotopic (exact) mass is 387 g/mol. The Labute approximate surface area is 157 Å². The molecule has 1 fully saturated rings. The zero-order valence-electron chi connectivity index (χ0n) is 14.3. The van der Waals surface area contributed by atoms with Crippen molar-refractivity contribution in [2.45, 2.75) is 25.6 Å². The van der Waals surface area contributed by atoms with Crippen molar-refractivity contribution in [3.8, 4) is 10.6 Å². The molecule has 0 bridgehead atoms. The highest BCUT2D eigenvalue weighted by molar-refractivity contribution is 7.91. The number of nitrogens with zero attached hydrogens (tertiary/aromatic N) is 2. The van der Waals surface area contributed by atoms with E-state index in [1.165, 1.54) is 5.56 Å². The molecule has 1 saturated heterocycles. The van der Waals surface area contributed by atoms with Gasteiger partial charge in [-0.1, -0.05) is 36.4 Å². The maximum Gasteiger partial charge on any atom is 0.151 e. The van der Waals surface area contributed by atoms with Crippen LogP contribution >= 0.6 is 11.3 Å². The van der Waals surface area contributed by atoms with Crippen LogP contribution in [-0.2, 0) is 22.9 Å². The first-order valence-corrected chi connectivity index (χ1v) is 11.4. The van der Waals surface area contributed by atoms with Gasteiger partial charge in [0.15, 0.2) is 9.84 Å². The van der Waals surface area contributed by atoms with Crippen molar-refractivity contribution in [3.63, 3.8) is 0 Å². The SMILES string of the molecule is O=S1(=O)CCC(NCc2cn(Cc3ccccc3)nc2-c2cccs2)C1. The average Bonchev–Trinajstić information content (AvgIpc) is 3.34. The molecule has 5 nitrogen and oxygen atoms in total. The van der Waals surface area contributed by atoms with Crippen molar-refractivity contribution >= 4 is 21.2 Å². The number of hydrogen-bond acceptors (Lipinski definition) is 5. The summed E-state index contributed by atoms with van der Waals surface area (Å²) in [6.45, 7) is 1.35. The lowest BCUT2D eigenvalue weighted by atomic mass is 10.2. The molecule has 0 aliphatic carbocycles. The molecule has 1 N–H and O–H groups in total. The van der Waals surface area contributed by atoms with E-state index in [2.05, 4.69) is 29.7 Å². The molecule has 0 saturated carbocycles. The van der Waals surface area contributed by atoms with Crippen molar-refractivity contribution < 1.29 is 8.42 Å². The number of thiophene rings is 1. The van der Waals surface area contributed by atoms with E-state index in [1.807, 2.05) is 34.3 Å². The lowest BCUT2D eigenvalue weighted by Gasteiger charge is -2.10. The van der Waals surface area contributed by atoms with Crippen LogP contribution in [0.2, 0.25) is 0 Å². The summed E-state index contributed by atoms with van der Waals surface area (Å²) in [4.78, 5) is 1.13. The first-order chi connectivity index (χ1) is 12.6. The van der Waals surface area contributed by atoms with Crippen LogP contribution < -0.4 is 5.32 Å². The van der Waals surface area contributed by atoms with Gasteiger partial charge in [-0.2, -0.15) is 5.10 Å². The van der Waals surface area contributed by atoms with Crippen molar-refractivity contribution in [1.29, 1.82) is 0 Å². The summed E-state index contributed by atoms with van der Waals surface area (Å²) in [5.41, 5.74) is 3.28. The van der Waals surface area contributed by atoms with Crippen LogP contribution in [0.1, 0.15) is 17.5 Å². The number of rotatable bonds is 6. The summed E-state index contributed by atoms with van der Waals surface area (Å²) < 4.78 is 25.3. The van der Waals surface area contributed by atoms with Crippen LogP contribution in [-0.4, -0.2) is 35.7 Å². The molecule has 4 rings (SSSR count). The molecule has 26 heavy (non-hydrogen) atoms. The van der Waals surface area contributed by atoms with E-state index >= 15 is 0 Å². The van der Waals surface area contributed by atoms with Crippen LogP contribution in [0, 0.1) is 0 Å². The minimum Gasteiger partial charge on any atom is -0.309 e. The molecule has 1 unspecified atom stereocenters. The maximum atomic E-state index is 11.7. The normalized spacial score (nSPS) is 19.0. The molecule has 0 amide bonds. The summed E-state index contributed by atoms with van der Waals surface area (Å²) >= 11 is 1.67. The number of benzene rings is 1. The van der Waals surface area contributed by atoms with Crippen LogP contribution in [0.25, 0.3) is 10.6 Å². The lowest BCUT2D eigenvalue weighted by Crippen LogP contribution is -2.29. The maximum absolute atomic E-state index is 11.7. The van der Waals surface area contributed by atoms with Crippen LogP contribution in [0.4, 0.5) is 0 Å². The number of sulfone groups is 1. The fourth-order valence-corrected chi connectivity index (χ4v) is 5.73. The Morgan fingerprint density at radius 3 is 2.73 bits per heavy atom. The standard InChI is InChI=1S/C19H21N3O2S2/c23-26(24)10-8-17(14-26)20-11-16-13-22(12-15-5-2-1-3-6-15)21-19(16)18-7-4-9-25-18/h1-7,9,13,17,20H,8,10-12,14H2. The molecule has 3 aromatic rings. The van der Waals surface area contributed by atoms with E-state index in [4.69, 9.17) is 5.10 Å². The number of hydrogen-bond donors (Lipinski definition) is 1. The zero-order chi connectivity index (χ0) is 18.0. The van der Waals surface area contributed by atoms with E-state index in [1.54, 1.807) is 11.3 Å². The van der Waals surface area contributed by atoms with Gasteiger partial charge in [0.05, 0.1) is 22.9 Å². The zero-order valence-corrected chi connectivity index (χ0v) is 16.0. The smallest absolute Gasteiger partial charge is 0.151 e. The number of aromatic nitrogens is 2. The summed E-state index contributed by atoms with van der Waals surface area (Å²) in [6.07, 6.45) is 2.76. The third-order valence-corrected chi connectivity index (χ3v) is 7.24. The molecule has 0 radical (unpaired) electrons. The second-order valence-corrected chi connectivity index (χ2v) is 9.82. The molecule has 1 aromatic carbocycles. The topological polar surface area (TPSA) is 64.0 Å². The molecular formula is C19H21N3O2S2. The second-order valence-electron chi connectivity index (χ2n) is 6.64. The first kappa shape index (κ1) is 17.5. The van der Waals surface area contributed by atoms with Crippen LogP contribution in [0.5, 0.6) is 0 Å². The van der Waals surface area contributed by atoms with E-state index in [9.17, 15) is 8.42 Å². The third kappa shape index (κ3) is 4.06. The van der Waals surface area contributed by atoms with E-state index in [0.29, 0.717) is 13.0 Å². The van der Waals surface area contributed by atoms with Gasteiger partial charge in [0, 0.05) is 24.3 Å². The quantitative estimate of drug-likeness (QED) is 0.706. The minimum atomic E-state index is -2.87. The second kappa shape index (κ2) is 7.34. The Bertz CT molecular complexity index is 964. The van der Waals surface area contributed by atoms with Gasteiger partial charge in [0.2, 0.25) is 0 Å². The molecule has 0 spiro atoms. The van der Waals surface area contributed by atoms with Gasteiger partial charge >= 0.3 is 0 Å². The predicted molar refractivity (Wildman–Crippen MR) is 105 cm³/mol.